The molecule has 4 aliphatic rings. The first-order chi connectivity index (χ1) is 11.2. The minimum absolute atomic E-state index is 0.0379. The summed E-state index contributed by atoms with van der Waals surface area (Å²) in [6.45, 7) is 2.23. The Morgan fingerprint density at radius 2 is 1.65 bits per heavy atom. The second-order valence-corrected chi connectivity index (χ2v) is 7.11. The zero-order chi connectivity index (χ0) is 16.0. The Morgan fingerprint density at radius 3 is 2.26 bits per heavy atom. The smallest absolute Gasteiger partial charge is 0.317 e. The second-order valence-electron chi connectivity index (χ2n) is 7.11. The van der Waals surface area contributed by atoms with Crippen molar-refractivity contribution in [3.8, 4) is 0 Å². The molecule has 2 saturated heterocycles. The summed E-state index contributed by atoms with van der Waals surface area (Å²) in [5.41, 5.74) is 0. The molecule has 0 spiro atoms. The number of allylic oxidation sites excluding steroid dienone is 2. The van der Waals surface area contributed by atoms with Crippen LogP contribution in [-0.2, 0) is 9.59 Å². The van der Waals surface area contributed by atoms with Crippen LogP contribution in [0.5, 0.6) is 0 Å². The van der Waals surface area contributed by atoms with E-state index in [1.807, 2.05) is 4.90 Å². The van der Waals surface area contributed by atoms with Gasteiger partial charge < -0.3 is 10.2 Å². The Morgan fingerprint density at radius 1 is 1.04 bits per heavy atom. The number of hydrogen-bond acceptors (Lipinski definition) is 3. The maximum atomic E-state index is 12.5. The molecule has 3 fully saturated rings. The van der Waals surface area contributed by atoms with Crippen molar-refractivity contribution in [2.45, 2.75) is 25.7 Å². The molecule has 2 aliphatic heterocycles. The van der Waals surface area contributed by atoms with Crippen molar-refractivity contribution in [2.75, 3.05) is 26.2 Å². The zero-order valence-electron chi connectivity index (χ0n) is 13.2. The molecular formula is C17H23N3O3. The second kappa shape index (κ2) is 5.65. The van der Waals surface area contributed by atoms with Gasteiger partial charge in [-0.3, -0.25) is 14.5 Å². The summed E-state index contributed by atoms with van der Waals surface area (Å²) in [6.07, 6.45) is 8.43. The van der Waals surface area contributed by atoms with E-state index in [0.717, 1.165) is 32.4 Å². The SMILES string of the molecule is O=C(NCCN1C(=O)[C@@H]2[C@H](C1=O)[C@H]1C=C[C@H]2C1)N1CCCCC1. The van der Waals surface area contributed by atoms with Gasteiger partial charge in [0, 0.05) is 26.2 Å². The topological polar surface area (TPSA) is 69.7 Å². The van der Waals surface area contributed by atoms with Gasteiger partial charge in [0.1, 0.15) is 0 Å². The molecule has 6 nitrogen and oxygen atoms in total. The number of imide groups is 1. The van der Waals surface area contributed by atoms with Gasteiger partial charge in [-0.25, -0.2) is 4.79 Å². The molecule has 0 unspecified atom stereocenters. The number of likely N-dealkylation sites (tertiary alicyclic amines) is 2. The molecule has 0 aromatic rings. The molecule has 4 atom stereocenters. The van der Waals surface area contributed by atoms with E-state index in [1.165, 1.54) is 11.3 Å². The van der Waals surface area contributed by atoms with Gasteiger partial charge in [0.25, 0.3) is 0 Å². The molecular weight excluding hydrogens is 294 g/mol. The molecule has 0 aromatic heterocycles. The normalized spacial score (nSPS) is 35.1. The van der Waals surface area contributed by atoms with Gasteiger partial charge in [-0.15, -0.1) is 0 Å². The lowest BCUT2D eigenvalue weighted by Crippen LogP contribution is -2.46. The number of fused-ring (bicyclic) bond motifs is 5. The molecule has 2 heterocycles. The maximum Gasteiger partial charge on any atom is 0.317 e. The van der Waals surface area contributed by atoms with Crippen LogP contribution in [0.1, 0.15) is 25.7 Å². The van der Waals surface area contributed by atoms with E-state index in [-0.39, 0.29) is 41.5 Å². The number of carbonyl (C=O) groups is 3. The third kappa shape index (κ3) is 2.35. The Balaban J connectivity index is 1.31. The number of amides is 4. The van der Waals surface area contributed by atoms with Crippen LogP contribution in [0.2, 0.25) is 0 Å². The van der Waals surface area contributed by atoms with E-state index in [9.17, 15) is 14.4 Å². The standard InChI is InChI=1S/C17H23N3O3/c21-15-13-11-4-5-12(10-11)14(13)16(22)20(15)9-6-18-17(23)19-7-2-1-3-8-19/h4-5,11-14H,1-3,6-10H2,(H,18,23)/t11-,12-,13-,14+/m0/s1. The van der Waals surface area contributed by atoms with E-state index in [4.69, 9.17) is 0 Å². The van der Waals surface area contributed by atoms with Crippen LogP contribution in [0.4, 0.5) is 4.79 Å². The largest absolute Gasteiger partial charge is 0.336 e. The first kappa shape index (κ1) is 14.7. The maximum absolute atomic E-state index is 12.5. The van der Waals surface area contributed by atoms with E-state index in [2.05, 4.69) is 17.5 Å². The molecule has 4 rings (SSSR count). The van der Waals surface area contributed by atoms with Crippen molar-refractivity contribution in [3.05, 3.63) is 12.2 Å². The van der Waals surface area contributed by atoms with Crippen LogP contribution in [0.15, 0.2) is 12.2 Å². The van der Waals surface area contributed by atoms with Gasteiger partial charge in [-0.1, -0.05) is 12.2 Å². The molecule has 1 N–H and O–H groups in total. The van der Waals surface area contributed by atoms with Gasteiger partial charge in [0.15, 0.2) is 0 Å². The van der Waals surface area contributed by atoms with E-state index in [1.54, 1.807) is 0 Å². The lowest BCUT2D eigenvalue weighted by Gasteiger charge is -2.27. The lowest BCUT2D eigenvalue weighted by atomic mass is 9.85. The van der Waals surface area contributed by atoms with Crippen LogP contribution < -0.4 is 5.32 Å². The minimum atomic E-state index is -0.143. The Kier molecular flexibility index (Phi) is 3.62. The van der Waals surface area contributed by atoms with E-state index in [0.29, 0.717) is 13.1 Å². The number of urea groups is 1. The third-order valence-corrected chi connectivity index (χ3v) is 5.82. The molecule has 1 saturated carbocycles. The van der Waals surface area contributed by atoms with Crippen LogP contribution in [0.25, 0.3) is 0 Å². The Hall–Kier alpha value is -1.85. The summed E-state index contributed by atoms with van der Waals surface area (Å²) in [4.78, 5) is 40.3. The molecule has 0 radical (unpaired) electrons. The number of rotatable bonds is 3. The van der Waals surface area contributed by atoms with Crippen LogP contribution in [-0.4, -0.2) is 53.8 Å². The summed E-state index contributed by atoms with van der Waals surface area (Å²) >= 11 is 0. The molecule has 2 aliphatic carbocycles. The summed E-state index contributed by atoms with van der Waals surface area (Å²) in [7, 11) is 0. The van der Waals surface area contributed by atoms with Crippen LogP contribution in [0.3, 0.4) is 0 Å². The van der Waals surface area contributed by atoms with Crippen molar-refractivity contribution in [2.24, 2.45) is 23.7 Å². The molecule has 2 bridgehead atoms. The van der Waals surface area contributed by atoms with Gasteiger partial charge in [0.2, 0.25) is 11.8 Å². The molecule has 124 valence electrons. The van der Waals surface area contributed by atoms with Crippen molar-refractivity contribution in [1.82, 2.24) is 15.1 Å². The highest BCUT2D eigenvalue weighted by atomic mass is 16.2. The van der Waals surface area contributed by atoms with Gasteiger partial charge in [-0.2, -0.15) is 0 Å². The third-order valence-electron chi connectivity index (χ3n) is 5.82. The fourth-order valence-corrected chi connectivity index (χ4v) is 4.67. The average molecular weight is 317 g/mol. The number of nitrogens with zero attached hydrogens (tertiary/aromatic N) is 2. The predicted octanol–water partition coefficient (Wildman–Crippen LogP) is 0.989. The Labute approximate surface area is 135 Å². The van der Waals surface area contributed by atoms with Crippen LogP contribution >= 0.6 is 0 Å². The van der Waals surface area contributed by atoms with E-state index < -0.39 is 0 Å². The van der Waals surface area contributed by atoms with Crippen molar-refractivity contribution < 1.29 is 14.4 Å². The number of piperidine rings is 1. The van der Waals surface area contributed by atoms with Gasteiger partial charge in [0.05, 0.1) is 11.8 Å². The average Bonchev–Trinajstić information content (AvgIpc) is 3.25. The molecule has 23 heavy (non-hydrogen) atoms. The highest BCUT2D eigenvalue weighted by molar-refractivity contribution is 6.06. The van der Waals surface area contributed by atoms with Crippen molar-refractivity contribution >= 4 is 17.8 Å². The highest BCUT2D eigenvalue weighted by Crippen LogP contribution is 2.52. The first-order valence-electron chi connectivity index (χ1n) is 8.73. The van der Waals surface area contributed by atoms with Gasteiger partial charge >= 0.3 is 6.03 Å². The fraction of sp³-hybridized carbons (Fsp3) is 0.706. The predicted molar refractivity (Wildman–Crippen MR) is 83.3 cm³/mol. The van der Waals surface area contributed by atoms with Crippen molar-refractivity contribution in [3.63, 3.8) is 0 Å². The van der Waals surface area contributed by atoms with E-state index >= 15 is 0 Å². The highest BCUT2D eigenvalue weighted by Gasteiger charge is 2.58. The molecule has 0 aromatic carbocycles. The van der Waals surface area contributed by atoms with Gasteiger partial charge in [-0.05, 0) is 37.5 Å². The summed E-state index contributed by atoms with van der Waals surface area (Å²) in [5, 5.41) is 2.85. The molecule has 4 amide bonds. The summed E-state index contributed by atoms with van der Waals surface area (Å²) in [5.74, 6) is 0.127. The minimum Gasteiger partial charge on any atom is -0.336 e. The summed E-state index contributed by atoms with van der Waals surface area (Å²) < 4.78 is 0. The number of carbonyl (C=O) groups excluding carboxylic acids is 3. The Bertz CT molecular complexity index is 537. The van der Waals surface area contributed by atoms with Crippen molar-refractivity contribution in [1.29, 1.82) is 0 Å². The fourth-order valence-electron chi connectivity index (χ4n) is 4.67. The van der Waals surface area contributed by atoms with Crippen LogP contribution in [0, 0.1) is 23.7 Å². The number of hydrogen-bond donors (Lipinski definition) is 1. The quantitative estimate of drug-likeness (QED) is 0.623. The monoisotopic (exact) mass is 317 g/mol. The first-order valence-corrected chi connectivity index (χ1v) is 8.73. The molecule has 6 heteroatoms. The lowest BCUT2D eigenvalue weighted by molar-refractivity contribution is -0.140. The summed E-state index contributed by atoms with van der Waals surface area (Å²) in [6, 6.07) is -0.0780. The zero-order valence-corrected chi connectivity index (χ0v) is 13.2. The number of nitrogens with one attached hydrogen (secondary N) is 1.